The predicted octanol–water partition coefficient (Wildman–Crippen LogP) is 5.99. The molecule has 0 aliphatic heterocycles. The van der Waals surface area contributed by atoms with E-state index in [1.165, 1.54) is 6.33 Å². The Labute approximate surface area is 217 Å². The summed E-state index contributed by atoms with van der Waals surface area (Å²) in [5, 5.41) is 6.92. The van der Waals surface area contributed by atoms with Gasteiger partial charge in [-0.15, -0.1) is 0 Å². The fraction of sp³-hybridized carbons (Fsp3) is 0.423. The number of rotatable bonds is 10. The number of phosphoric ester groups is 1. The van der Waals surface area contributed by atoms with Crippen molar-refractivity contribution in [2.75, 3.05) is 6.61 Å². The summed E-state index contributed by atoms with van der Waals surface area (Å²) in [6.07, 6.45) is 2.37. The van der Waals surface area contributed by atoms with Crippen LogP contribution in [0.3, 0.4) is 0 Å². The van der Waals surface area contributed by atoms with Gasteiger partial charge in [-0.1, -0.05) is 42.5 Å². The highest BCUT2D eigenvalue weighted by atomic mass is 31.2. The van der Waals surface area contributed by atoms with Gasteiger partial charge in [0.2, 0.25) is 0 Å². The number of nitrogens with zero attached hydrogens (tertiary/aromatic N) is 3. The summed E-state index contributed by atoms with van der Waals surface area (Å²) in [6, 6.07) is 15.9. The fourth-order valence-corrected chi connectivity index (χ4v) is 5.05. The van der Waals surface area contributed by atoms with Gasteiger partial charge in [-0.2, -0.15) is 5.10 Å². The molecule has 0 spiro atoms. The Balaban J connectivity index is 1.79. The van der Waals surface area contributed by atoms with E-state index in [1.807, 2.05) is 54.6 Å². The first-order valence-corrected chi connectivity index (χ1v) is 13.4. The molecule has 0 bridgehead atoms. The topological polar surface area (TPSA) is 114 Å². The van der Waals surface area contributed by atoms with Crippen LogP contribution in [0.2, 0.25) is 0 Å². The highest BCUT2D eigenvalue weighted by Crippen LogP contribution is 2.55. The van der Waals surface area contributed by atoms with E-state index in [0.717, 1.165) is 11.3 Å². The van der Waals surface area contributed by atoms with Crippen LogP contribution in [0.25, 0.3) is 5.69 Å². The highest BCUT2D eigenvalue weighted by molar-refractivity contribution is 7.48. The van der Waals surface area contributed by atoms with Crippen LogP contribution >= 0.6 is 7.82 Å². The lowest BCUT2D eigenvalue weighted by atomic mass is 10.1. The molecule has 0 aliphatic rings. The number of carbonyl (C=O) groups excluding carboxylic acids is 1. The first kappa shape index (κ1) is 28.5. The minimum Gasteiger partial charge on any atom is -0.445 e. The number of hydrogen-bond donors (Lipinski definition) is 1. The van der Waals surface area contributed by atoms with Crippen molar-refractivity contribution >= 4 is 13.9 Å². The van der Waals surface area contributed by atoms with Gasteiger partial charge in [0.25, 0.3) is 0 Å². The molecule has 1 aromatic heterocycles. The van der Waals surface area contributed by atoms with Crippen molar-refractivity contribution in [3.63, 3.8) is 0 Å². The molecule has 0 unspecified atom stereocenters. The second kappa shape index (κ2) is 12.0. The Morgan fingerprint density at radius 3 is 2.14 bits per heavy atom. The Hall–Kier alpha value is -3.04. The molecule has 200 valence electrons. The van der Waals surface area contributed by atoms with Gasteiger partial charge in [-0.05, 0) is 64.8 Å². The van der Waals surface area contributed by atoms with Gasteiger partial charge in [-0.3, -0.25) is 13.6 Å². The van der Waals surface area contributed by atoms with E-state index in [2.05, 4.69) is 15.4 Å². The second-order valence-corrected chi connectivity index (χ2v) is 11.9. The van der Waals surface area contributed by atoms with Crippen LogP contribution in [-0.4, -0.2) is 38.7 Å². The minimum absolute atomic E-state index is 0.101. The number of hydrogen-bond acceptors (Lipinski definition) is 8. The van der Waals surface area contributed by atoms with Gasteiger partial charge in [0.15, 0.2) is 0 Å². The van der Waals surface area contributed by atoms with Crippen molar-refractivity contribution in [3.8, 4) is 5.69 Å². The summed E-state index contributed by atoms with van der Waals surface area (Å²) in [6.45, 7) is 10.5. The molecule has 1 atom stereocenters. The van der Waals surface area contributed by atoms with Crippen molar-refractivity contribution in [1.82, 2.24) is 20.1 Å². The average Bonchev–Trinajstić information content (AvgIpc) is 3.34. The third-order valence-electron chi connectivity index (χ3n) is 4.65. The van der Waals surface area contributed by atoms with Gasteiger partial charge in [-0.25, -0.2) is 19.0 Å². The summed E-state index contributed by atoms with van der Waals surface area (Å²) in [7, 11) is -4.01. The van der Waals surface area contributed by atoms with Crippen molar-refractivity contribution in [2.45, 2.75) is 65.4 Å². The van der Waals surface area contributed by atoms with E-state index in [1.54, 1.807) is 52.6 Å². The van der Waals surface area contributed by atoms with E-state index in [0.29, 0.717) is 5.56 Å². The third-order valence-corrected chi connectivity index (χ3v) is 6.66. The quantitative estimate of drug-likeness (QED) is 0.318. The molecule has 0 radical (unpaired) electrons. The number of phosphoric acid groups is 1. The lowest BCUT2D eigenvalue weighted by molar-refractivity contribution is 0.000473. The van der Waals surface area contributed by atoms with Crippen LogP contribution < -0.4 is 5.32 Å². The minimum atomic E-state index is -4.01. The molecule has 0 saturated heterocycles. The summed E-state index contributed by atoms with van der Waals surface area (Å²) >= 11 is 0. The number of benzene rings is 2. The maximum Gasteiger partial charge on any atom is 0.475 e. The highest BCUT2D eigenvalue weighted by Gasteiger charge is 2.38. The van der Waals surface area contributed by atoms with Gasteiger partial charge in [0.05, 0.1) is 29.5 Å². The van der Waals surface area contributed by atoms with Crippen LogP contribution in [0.5, 0.6) is 0 Å². The zero-order valence-corrected chi connectivity index (χ0v) is 23.0. The normalized spacial score (nSPS) is 13.2. The van der Waals surface area contributed by atoms with Gasteiger partial charge in [0.1, 0.15) is 19.3 Å². The Bertz CT molecular complexity index is 1150. The van der Waals surface area contributed by atoms with E-state index in [-0.39, 0.29) is 13.2 Å². The molecule has 3 aromatic rings. The molecule has 0 aliphatic carbocycles. The SMILES string of the molecule is CC(C)(C)OP(=O)(OC[C@H](NC(=O)OCc1ccccc1)c1ccc(-n2cncn2)cc1)OC(C)(C)C. The van der Waals surface area contributed by atoms with E-state index >= 15 is 0 Å². The Kier molecular flexibility index (Phi) is 9.26. The van der Waals surface area contributed by atoms with Crippen molar-refractivity contribution < 1.29 is 27.7 Å². The maximum atomic E-state index is 13.6. The molecule has 1 heterocycles. The molecule has 10 nitrogen and oxygen atoms in total. The molecular formula is C26H35N4O6P. The standard InChI is InChI=1S/C26H35N4O6P/c1-25(2,3)35-37(32,36-26(4,5)6)34-17-23(29-24(31)33-16-20-10-8-7-9-11-20)21-12-14-22(15-13-21)30-19-27-18-28-30/h7-15,18-19,23H,16-17H2,1-6H3,(H,29,31)/t23-/m0/s1. The van der Waals surface area contributed by atoms with Crippen LogP contribution in [0.4, 0.5) is 4.79 Å². The zero-order valence-electron chi connectivity index (χ0n) is 22.1. The number of alkyl carbamates (subject to hydrolysis) is 1. The lowest BCUT2D eigenvalue weighted by Gasteiger charge is -2.32. The lowest BCUT2D eigenvalue weighted by Crippen LogP contribution is -2.33. The summed E-state index contributed by atoms with van der Waals surface area (Å²) in [4.78, 5) is 16.6. The number of aromatic nitrogens is 3. The molecule has 2 aromatic carbocycles. The van der Waals surface area contributed by atoms with Crippen LogP contribution in [-0.2, 0) is 29.5 Å². The van der Waals surface area contributed by atoms with Crippen molar-refractivity contribution in [2.24, 2.45) is 0 Å². The smallest absolute Gasteiger partial charge is 0.445 e. The zero-order chi connectivity index (χ0) is 27.1. The molecule has 0 saturated carbocycles. The first-order valence-electron chi connectivity index (χ1n) is 11.9. The summed E-state index contributed by atoms with van der Waals surface area (Å²) in [5.74, 6) is 0. The van der Waals surface area contributed by atoms with Gasteiger partial charge >= 0.3 is 13.9 Å². The Morgan fingerprint density at radius 2 is 1.59 bits per heavy atom. The Morgan fingerprint density at radius 1 is 0.973 bits per heavy atom. The predicted molar refractivity (Wildman–Crippen MR) is 139 cm³/mol. The van der Waals surface area contributed by atoms with Gasteiger partial charge < -0.3 is 10.1 Å². The number of amides is 1. The second-order valence-electron chi connectivity index (χ2n) is 10.3. The number of carbonyl (C=O) groups is 1. The molecule has 37 heavy (non-hydrogen) atoms. The van der Waals surface area contributed by atoms with E-state index in [9.17, 15) is 9.36 Å². The third kappa shape index (κ3) is 9.74. The van der Waals surface area contributed by atoms with E-state index < -0.39 is 31.2 Å². The molecule has 11 heteroatoms. The maximum absolute atomic E-state index is 13.6. The van der Waals surface area contributed by atoms with Crippen LogP contribution in [0, 0.1) is 0 Å². The molecule has 1 amide bonds. The van der Waals surface area contributed by atoms with Crippen LogP contribution in [0.15, 0.2) is 67.3 Å². The summed E-state index contributed by atoms with van der Waals surface area (Å²) in [5.41, 5.74) is 0.739. The van der Waals surface area contributed by atoms with Gasteiger partial charge in [0, 0.05) is 0 Å². The van der Waals surface area contributed by atoms with E-state index in [4.69, 9.17) is 18.3 Å². The van der Waals surface area contributed by atoms with Crippen molar-refractivity contribution in [1.29, 1.82) is 0 Å². The molecular weight excluding hydrogens is 495 g/mol. The largest absolute Gasteiger partial charge is 0.475 e. The molecule has 1 N–H and O–H groups in total. The average molecular weight is 531 g/mol. The molecule has 3 rings (SSSR count). The fourth-order valence-electron chi connectivity index (χ4n) is 3.24. The number of ether oxygens (including phenoxy) is 1. The first-order chi connectivity index (χ1) is 17.3. The number of nitrogens with one attached hydrogen (secondary N) is 1. The molecule has 0 fully saturated rings. The van der Waals surface area contributed by atoms with Crippen LogP contribution in [0.1, 0.15) is 58.7 Å². The summed E-state index contributed by atoms with van der Waals surface area (Å²) < 4.78 is 37.8. The van der Waals surface area contributed by atoms with Crippen molar-refractivity contribution in [3.05, 3.63) is 78.4 Å². The monoisotopic (exact) mass is 530 g/mol.